The molecule has 2 N–H and O–H groups in total. The van der Waals surface area contributed by atoms with Gasteiger partial charge in [0.15, 0.2) is 0 Å². The van der Waals surface area contributed by atoms with Crippen LogP contribution in [0.3, 0.4) is 0 Å². The highest BCUT2D eigenvalue weighted by molar-refractivity contribution is 4.76. The average molecular weight is 212 g/mol. The molecule has 0 aliphatic heterocycles. The van der Waals surface area contributed by atoms with Gasteiger partial charge < -0.3 is 10.6 Å². The van der Waals surface area contributed by atoms with E-state index in [1.165, 1.54) is 25.7 Å². The van der Waals surface area contributed by atoms with Gasteiger partial charge in [-0.15, -0.1) is 0 Å². The van der Waals surface area contributed by atoms with E-state index in [1.54, 1.807) is 0 Å². The van der Waals surface area contributed by atoms with Crippen LogP contribution in [0.2, 0.25) is 0 Å². The second kappa shape index (κ2) is 5.86. The highest BCUT2D eigenvalue weighted by Crippen LogP contribution is 2.23. The Bertz CT molecular complexity index is 164. The summed E-state index contributed by atoms with van der Waals surface area (Å²) in [5, 5.41) is 7.16. The third-order valence-electron chi connectivity index (χ3n) is 3.23. The lowest BCUT2D eigenvalue weighted by atomic mass is 9.87. The SMILES string of the molecule is CC1CCC(NCCNC(C)(C)C)CC1. The summed E-state index contributed by atoms with van der Waals surface area (Å²) in [6.07, 6.45) is 5.56. The molecule has 0 aromatic heterocycles. The summed E-state index contributed by atoms with van der Waals surface area (Å²) in [5.74, 6) is 0.954. The summed E-state index contributed by atoms with van der Waals surface area (Å²) < 4.78 is 0. The molecule has 1 fully saturated rings. The summed E-state index contributed by atoms with van der Waals surface area (Å²) in [4.78, 5) is 0. The third-order valence-corrected chi connectivity index (χ3v) is 3.23. The molecule has 0 atom stereocenters. The van der Waals surface area contributed by atoms with Crippen molar-refractivity contribution in [3.8, 4) is 0 Å². The average Bonchev–Trinajstić information content (AvgIpc) is 2.14. The van der Waals surface area contributed by atoms with Crippen molar-refractivity contribution < 1.29 is 0 Å². The van der Waals surface area contributed by atoms with Gasteiger partial charge >= 0.3 is 0 Å². The molecule has 2 nitrogen and oxygen atoms in total. The number of rotatable bonds is 4. The zero-order valence-electron chi connectivity index (χ0n) is 10.9. The van der Waals surface area contributed by atoms with Crippen LogP contribution in [-0.4, -0.2) is 24.7 Å². The maximum Gasteiger partial charge on any atom is 0.00970 e. The van der Waals surface area contributed by atoms with Crippen molar-refractivity contribution in [2.75, 3.05) is 13.1 Å². The topological polar surface area (TPSA) is 24.1 Å². The van der Waals surface area contributed by atoms with Crippen molar-refractivity contribution in [3.63, 3.8) is 0 Å². The fourth-order valence-corrected chi connectivity index (χ4v) is 2.18. The fourth-order valence-electron chi connectivity index (χ4n) is 2.18. The molecule has 0 saturated heterocycles. The van der Waals surface area contributed by atoms with E-state index in [0.717, 1.165) is 25.0 Å². The van der Waals surface area contributed by atoms with E-state index in [1.807, 2.05) is 0 Å². The molecule has 0 bridgehead atoms. The lowest BCUT2D eigenvalue weighted by Crippen LogP contribution is -2.43. The van der Waals surface area contributed by atoms with Gasteiger partial charge in [0.1, 0.15) is 0 Å². The summed E-state index contributed by atoms with van der Waals surface area (Å²) in [6.45, 7) is 11.2. The quantitative estimate of drug-likeness (QED) is 0.700. The van der Waals surface area contributed by atoms with Crippen molar-refractivity contribution in [3.05, 3.63) is 0 Å². The van der Waals surface area contributed by atoms with E-state index in [2.05, 4.69) is 38.3 Å². The van der Waals surface area contributed by atoms with E-state index in [0.29, 0.717) is 0 Å². The Morgan fingerprint density at radius 2 is 1.60 bits per heavy atom. The molecule has 0 unspecified atom stereocenters. The molecule has 0 heterocycles. The molecule has 1 aliphatic rings. The van der Waals surface area contributed by atoms with Crippen LogP contribution >= 0.6 is 0 Å². The number of hydrogen-bond acceptors (Lipinski definition) is 2. The number of hydrogen-bond donors (Lipinski definition) is 2. The standard InChI is InChI=1S/C13H28N2/c1-11-5-7-12(8-6-11)14-9-10-15-13(2,3)4/h11-12,14-15H,5-10H2,1-4H3. The van der Waals surface area contributed by atoms with Crippen molar-refractivity contribution in [2.45, 2.75) is 65.0 Å². The normalized spacial score (nSPS) is 28.0. The summed E-state index contributed by atoms with van der Waals surface area (Å²) in [5.41, 5.74) is 0.253. The molecule has 1 aliphatic carbocycles. The first kappa shape index (κ1) is 13.0. The summed E-state index contributed by atoms with van der Waals surface area (Å²) in [7, 11) is 0. The molecule has 90 valence electrons. The van der Waals surface area contributed by atoms with Crippen molar-refractivity contribution in [1.29, 1.82) is 0 Å². The Morgan fingerprint density at radius 1 is 1.00 bits per heavy atom. The van der Waals surface area contributed by atoms with Crippen molar-refractivity contribution in [1.82, 2.24) is 10.6 Å². The van der Waals surface area contributed by atoms with Gasteiger partial charge in [-0.3, -0.25) is 0 Å². The number of nitrogens with one attached hydrogen (secondary N) is 2. The Kier molecular flexibility index (Phi) is 5.07. The predicted molar refractivity (Wildman–Crippen MR) is 67.2 cm³/mol. The Morgan fingerprint density at radius 3 is 2.13 bits per heavy atom. The summed E-state index contributed by atoms with van der Waals surface area (Å²) in [6, 6.07) is 0.781. The second-order valence-corrected chi connectivity index (χ2v) is 6.09. The fraction of sp³-hybridized carbons (Fsp3) is 1.00. The molecule has 0 aromatic rings. The van der Waals surface area contributed by atoms with Crippen LogP contribution in [0.1, 0.15) is 53.4 Å². The molecule has 0 radical (unpaired) electrons. The van der Waals surface area contributed by atoms with Crippen LogP contribution in [0.15, 0.2) is 0 Å². The van der Waals surface area contributed by atoms with Crippen LogP contribution in [0.4, 0.5) is 0 Å². The lowest BCUT2D eigenvalue weighted by Gasteiger charge is -2.28. The van der Waals surface area contributed by atoms with E-state index in [9.17, 15) is 0 Å². The zero-order valence-corrected chi connectivity index (χ0v) is 10.9. The summed E-state index contributed by atoms with van der Waals surface area (Å²) >= 11 is 0. The predicted octanol–water partition coefficient (Wildman–Crippen LogP) is 2.54. The van der Waals surface area contributed by atoms with Crippen LogP contribution in [0.25, 0.3) is 0 Å². The van der Waals surface area contributed by atoms with Gasteiger partial charge in [-0.05, 0) is 52.4 Å². The minimum absolute atomic E-state index is 0.253. The minimum atomic E-state index is 0.253. The van der Waals surface area contributed by atoms with Crippen LogP contribution in [0, 0.1) is 5.92 Å². The molecule has 0 amide bonds. The Hall–Kier alpha value is -0.0800. The van der Waals surface area contributed by atoms with Crippen LogP contribution < -0.4 is 10.6 Å². The van der Waals surface area contributed by atoms with E-state index >= 15 is 0 Å². The first-order valence-corrected chi connectivity index (χ1v) is 6.46. The zero-order chi connectivity index (χ0) is 11.3. The first-order valence-electron chi connectivity index (χ1n) is 6.46. The lowest BCUT2D eigenvalue weighted by molar-refractivity contribution is 0.303. The molecule has 0 aromatic carbocycles. The highest BCUT2D eigenvalue weighted by Gasteiger charge is 2.17. The molecule has 0 spiro atoms. The first-order chi connectivity index (χ1) is 6.97. The maximum absolute atomic E-state index is 3.65. The van der Waals surface area contributed by atoms with Gasteiger partial charge in [0, 0.05) is 24.7 Å². The van der Waals surface area contributed by atoms with Gasteiger partial charge in [-0.25, -0.2) is 0 Å². The van der Waals surface area contributed by atoms with Gasteiger partial charge in [0.05, 0.1) is 0 Å². The van der Waals surface area contributed by atoms with E-state index in [4.69, 9.17) is 0 Å². The van der Waals surface area contributed by atoms with Gasteiger partial charge in [-0.1, -0.05) is 6.92 Å². The van der Waals surface area contributed by atoms with E-state index < -0.39 is 0 Å². The van der Waals surface area contributed by atoms with E-state index in [-0.39, 0.29) is 5.54 Å². The van der Waals surface area contributed by atoms with Gasteiger partial charge in [-0.2, -0.15) is 0 Å². The van der Waals surface area contributed by atoms with Gasteiger partial charge in [0.25, 0.3) is 0 Å². The van der Waals surface area contributed by atoms with Crippen molar-refractivity contribution in [2.24, 2.45) is 5.92 Å². The Balaban J connectivity index is 2.01. The molecule has 1 saturated carbocycles. The van der Waals surface area contributed by atoms with Gasteiger partial charge in [0.2, 0.25) is 0 Å². The largest absolute Gasteiger partial charge is 0.313 e. The highest BCUT2D eigenvalue weighted by atomic mass is 15.0. The molecular weight excluding hydrogens is 184 g/mol. The molecular formula is C13H28N2. The molecule has 1 rings (SSSR count). The maximum atomic E-state index is 3.65. The Labute approximate surface area is 95.2 Å². The monoisotopic (exact) mass is 212 g/mol. The smallest absolute Gasteiger partial charge is 0.00970 e. The second-order valence-electron chi connectivity index (χ2n) is 6.09. The third kappa shape index (κ3) is 6.16. The minimum Gasteiger partial charge on any atom is -0.313 e. The van der Waals surface area contributed by atoms with Crippen LogP contribution in [-0.2, 0) is 0 Å². The van der Waals surface area contributed by atoms with Crippen LogP contribution in [0.5, 0.6) is 0 Å². The molecule has 2 heteroatoms. The molecule has 15 heavy (non-hydrogen) atoms. The van der Waals surface area contributed by atoms with Crippen molar-refractivity contribution >= 4 is 0 Å².